The van der Waals surface area contributed by atoms with E-state index in [-0.39, 0.29) is 12.1 Å². The van der Waals surface area contributed by atoms with Crippen LogP contribution < -0.4 is 0 Å². The number of hydrogen-bond acceptors (Lipinski definition) is 3. The third-order valence-electron chi connectivity index (χ3n) is 8.02. The first-order valence-corrected chi connectivity index (χ1v) is 13.2. The quantitative estimate of drug-likeness (QED) is 0.325. The normalized spacial score (nSPS) is 25.2. The summed E-state index contributed by atoms with van der Waals surface area (Å²) in [6.07, 6.45) is 0.310. The second-order valence-electron chi connectivity index (χ2n) is 10.8. The first-order valence-electron chi connectivity index (χ1n) is 13.2. The van der Waals surface area contributed by atoms with E-state index in [1.165, 1.54) is 0 Å². The maximum absolute atomic E-state index is 14.8. The van der Waals surface area contributed by atoms with E-state index in [1.807, 2.05) is 18.2 Å². The molecule has 0 spiro atoms. The number of hydrogen-bond donors (Lipinski definition) is 0. The lowest BCUT2D eigenvalue weighted by molar-refractivity contribution is -0.0174. The molecule has 0 aromatic heterocycles. The van der Waals surface area contributed by atoms with Gasteiger partial charge in [-0.2, -0.15) is 0 Å². The summed E-state index contributed by atoms with van der Waals surface area (Å²) >= 11 is 0. The summed E-state index contributed by atoms with van der Waals surface area (Å²) in [4.78, 5) is 17.7. The average Bonchev–Trinajstić information content (AvgIpc) is 3.26. The first kappa shape index (κ1) is 25.3. The van der Waals surface area contributed by atoms with Gasteiger partial charge in [0, 0.05) is 11.1 Å². The molecule has 0 unspecified atom stereocenters. The Labute approximate surface area is 217 Å². The van der Waals surface area contributed by atoms with Gasteiger partial charge in [-0.25, -0.2) is 13.6 Å². The number of benzene rings is 3. The molecule has 1 heterocycles. The number of carbonyl (C=O) groups is 1. The van der Waals surface area contributed by atoms with Gasteiger partial charge in [-0.3, -0.25) is 4.99 Å². The van der Waals surface area contributed by atoms with Crippen molar-refractivity contribution in [2.75, 3.05) is 0 Å². The zero-order chi connectivity index (χ0) is 26.2. The molecule has 1 fully saturated rings. The molecule has 0 radical (unpaired) electrons. The van der Waals surface area contributed by atoms with Gasteiger partial charge in [-0.15, -0.1) is 0 Å². The van der Waals surface area contributed by atoms with Crippen LogP contribution in [0.15, 0.2) is 83.9 Å². The van der Waals surface area contributed by atoms with Crippen molar-refractivity contribution >= 4 is 11.7 Å². The van der Waals surface area contributed by atoms with E-state index in [4.69, 9.17) is 4.74 Å². The van der Waals surface area contributed by atoms with Crippen molar-refractivity contribution in [2.24, 2.45) is 22.7 Å². The molecule has 1 aliphatic carbocycles. The number of aliphatic imine (C=N–C) groups is 1. The van der Waals surface area contributed by atoms with Crippen molar-refractivity contribution < 1.29 is 18.3 Å². The minimum absolute atomic E-state index is 0.0838. The van der Waals surface area contributed by atoms with Crippen LogP contribution in [0.5, 0.6) is 0 Å². The summed E-state index contributed by atoms with van der Waals surface area (Å²) in [5, 5.41) is 0. The second-order valence-corrected chi connectivity index (χ2v) is 10.8. The van der Waals surface area contributed by atoms with Crippen molar-refractivity contribution in [3.8, 4) is 0 Å². The van der Waals surface area contributed by atoms with Gasteiger partial charge in [0.2, 0.25) is 0 Å². The molecule has 1 saturated carbocycles. The van der Waals surface area contributed by atoms with E-state index >= 15 is 0 Å². The van der Waals surface area contributed by atoms with Crippen molar-refractivity contribution in [1.29, 1.82) is 0 Å². The maximum Gasteiger partial charge on any atom is 0.338 e. The van der Waals surface area contributed by atoms with Gasteiger partial charge in [-0.05, 0) is 53.9 Å². The van der Waals surface area contributed by atoms with Gasteiger partial charge in [0.15, 0.2) is 5.54 Å². The van der Waals surface area contributed by atoms with Crippen LogP contribution in [0.1, 0.15) is 72.6 Å². The van der Waals surface area contributed by atoms with Gasteiger partial charge in [0.1, 0.15) is 6.10 Å². The van der Waals surface area contributed by atoms with Crippen molar-refractivity contribution in [3.05, 3.63) is 107 Å². The lowest BCUT2D eigenvalue weighted by Gasteiger charge is -2.36. The van der Waals surface area contributed by atoms with Crippen molar-refractivity contribution in [1.82, 2.24) is 0 Å². The van der Waals surface area contributed by atoms with Gasteiger partial charge >= 0.3 is 5.97 Å². The molecule has 0 bridgehead atoms. The van der Waals surface area contributed by atoms with E-state index in [1.54, 1.807) is 60.7 Å². The number of fused-ring (bicyclic) bond motifs is 1. The molecular formula is C32H33F2NO2. The van der Waals surface area contributed by atoms with Crippen LogP contribution in [0.4, 0.5) is 8.78 Å². The van der Waals surface area contributed by atoms with Crippen LogP contribution in [0.3, 0.4) is 0 Å². The molecule has 0 amide bonds. The van der Waals surface area contributed by atoms with Gasteiger partial charge in [0.05, 0.1) is 11.3 Å². The van der Waals surface area contributed by atoms with Crippen LogP contribution in [0.2, 0.25) is 0 Å². The van der Waals surface area contributed by atoms with Crippen LogP contribution >= 0.6 is 0 Å². The van der Waals surface area contributed by atoms with E-state index in [9.17, 15) is 13.6 Å². The highest BCUT2D eigenvalue weighted by molar-refractivity contribution is 6.16. The Morgan fingerprint density at radius 2 is 1.62 bits per heavy atom. The molecule has 192 valence electrons. The summed E-state index contributed by atoms with van der Waals surface area (Å²) < 4.78 is 35.6. The summed E-state index contributed by atoms with van der Waals surface area (Å²) in [7, 11) is 0. The topological polar surface area (TPSA) is 38.7 Å². The highest BCUT2D eigenvalue weighted by Crippen LogP contribution is 2.46. The fraction of sp³-hybridized carbons (Fsp3) is 0.375. The number of carbonyl (C=O) groups excluding carboxylic acids is 1. The molecule has 3 aromatic carbocycles. The largest absolute Gasteiger partial charge is 0.458 e. The molecule has 2 aliphatic rings. The zero-order valence-electron chi connectivity index (χ0n) is 21.5. The second kappa shape index (κ2) is 10.2. The minimum Gasteiger partial charge on any atom is -0.458 e. The number of alkyl halides is 2. The Hall–Kier alpha value is -3.34. The van der Waals surface area contributed by atoms with Crippen molar-refractivity contribution in [2.45, 2.75) is 58.1 Å². The molecule has 4 atom stereocenters. The SMILES string of the molecule is CC(C)[C@H]1CC[C@H](C)C[C@@H]1OC(=O)c1ccc(C2=N[C@](c3ccccc3)(C(F)F)c3ccccc32)cc1. The summed E-state index contributed by atoms with van der Waals surface area (Å²) in [5.41, 5.74) is 1.50. The molecule has 5 heteroatoms. The molecule has 5 rings (SSSR count). The van der Waals surface area contributed by atoms with Gasteiger partial charge in [-0.1, -0.05) is 93.9 Å². The van der Waals surface area contributed by atoms with Crippen LogP contribution in [-0.4, -0.2) is 24.2 Å². The predicted octanol–water partition coefficient (Wildman–Crippen LogP) is 7.66. The minimum atomic E-state index is -2.73. The number of halogens is 2. The van der Waals surface area contributed by atoms with Crippen LogP contribution in [-0.2, 0) is 10.3 Å². The molecule has 37 heavy (non-hydrogen) atoms. The molecule has 0 N–H and O–H groups in total. The maximum atomic E-state index is 14.8. The smallest absolute Gasteiger partial charge is 0.338 e. The highest BCUT2D eigenvalue weighted by atomic mass is 19.3. The van der Waals surface area contributed by atoms with Gasteiger partial charge < -0.3 is 4.74 Å². The Bertz CT molecular complexity index is 1290. The van der Waals surface area contributed by atoms with E-state index < -0.39 is 12.0 Å². The molecule has 1 aliphatic heterocycles. The Kier molecular flexibility index (Phi) is 6.98. The third kappa shape index (κ3) is 4.60. The Balaban J connectivity index is 1.45. The zero-order valence-corrected chi connectivity index (χ0v) is 21.5. The molecule has 3 nitrogen and oxygen atoms in total. The monoisotopic (exact) mass is 501 g/mol. The first-order chi connectivity index (χ1) is 17.8. The lowest BCUT2D eigenvalue weighted by atomic mass is 9.75. The predicted molar refractivity (Wildman–Crippen MR) is 142 cm³/mol. The lowest BCUT2D eigenvalue weighted by Crippen LogP contribution is -2.35. The molecule has 0 saturated heterocycles. The number of ether oxygens (including phenoxy) is 1. The summed E-state index contributed by atoms with van der Waals surface area (Å²) in [5.74, 6) is 1.02. The third-order valence-corrected chi connectivity index (χ3v) is 8.02. The molecular weight excluding hydrogens is 468 g/mol. The fourth-order valence-corrected chi connectivity index (χ4v) is 5.96. The van der Waals surface area contributed by atoms with Gasteiger partial charge in [0.25, 0.3) is 6.43 Å². The number of esters is 1. The van der Waals surface area contributed by atoms with Crippen LogP contribution in [0.25, 0.3) is 0 Å². The van der Waals surface area contributed by atoms with E-state index in [2.05, 4.69) is 25.8 Å². The van der Waals surface area contributed by atoms with Crippen molar-refractivity contribution in [3.63, 3.8) is 0 Å². The standard InChI is InChI=1S/C32H33F2NO2/c1-20(2)25-18-13-21(3)19-28(25)37-30(36)23-16-14-22(15-17-23)29-26-11-7-8-12-27(26)32(35-29,31(33)34)24-9-5-4-6-10-24/h4-12,14-17,20-21,25,28,31H,13,18-19H2,1-3H3/t21-,25+,28-,32-/m0/s1. The summed E-state index contributed by atoms with van der Waals surface area (Å²) in [6, 6.07) is 22.9. The highest BCUT2D eigenvalue weighted by Gasteiger charge is 2.49. The number of rotatable bonds is 6. The number of nitrogens with zero attached hydrogens (tertiary/aromatic N) is 1. The van der Waals surface area contributed by atoms with E-state index in [0.29, 0.717) is 51.3 Å². The Morgan fingerprint density at radius 3 is 2.30 bits per heavy atom. The summed E-state index contributed by atoms with van der Waals surface area (Å²) in [6.45, 7) is 6.58. The average molecular weight is 502 g/mol. The van der Waals surface area contributed by atoms with Crippen LogP contribution in [0, 0.1) is 17.8 Å². The molecule has 3 aromatic rings. The fourth-order valence-electron chi connectivity index (χ4n) is 5.96. The van der Waals surface area contributed by atoms with E-state index in [0.717, 1.165) is 19.3 Å². The Morgan fingerprint density at radius 1 is 0.946 bits per heavy atom.